The van der Waals surface area contributed by atoms with Gasteiger partial charge < -0.3 is 20.9 Å². The van der Waals surface area contributed by atoms with Crippen LogP contribution in [-0.2, 0) is 4.79 Å². The number of rotatable bonds is 5. The molecule has 1 aliphatic rings. The van der Waals surface area contributed by atoms with Crippen molar-refractivity contribution in [3.63, 3.8) is 0 Å². The number of anilines is 1. The van der Waals surface area contributed by atoms with Gasteiger partial charge in [0.1, 0.15) is 0 Å². The van der Waals surface area contributed by atoms with E-state index in [0.717, 1.165) is 31.9 Å². The number of nitrogens with one attached hydrogen (secondary N) is 3. The molecule has 1 aromatic rings. The van der Waals surface area contributed by atoms with E-state index < -0.39 is 5.41 Å². The van der Waals surface area contributed by atoms with Crippen molar-refractivity contribution in [1.82, 2.24) is 16.0 Å². The van der Waals surface area contributed by atoms with Crippen LogP contribution in [-0.4, -0.2) is 51.6 Å². The molecule has 0 aromatic heterocycles. The molecule has 0 aliphatic carbocycles. The predicted molar refractivity (Wildman–Crippen MR) is 104 cm³/mol. The van der Waals surface area contributed by atoms with Crippen molar-refractivity contribution in [2.24, 2.45) is 10.4 Å². The first-order valence-corrected chi connectivity index (χ1v) is 8.95. The Morgan fingerprint density at radius 3 is 2.44 bits per heavy atom. The molecule has 1 aliphatic heterocycles. The molecular formula is C19H31N5O. The van der Waals surface area contributed by atoms with Gasteiger partial charge in [-0.1, -0.05) is 18.2 Å². The van der Waals surface area contributed by atoms with Crippen molar-refractivity contribution < 1.29 is 4.79 Å². The van der Waals surface area contributed by atoms with Gasteiger partial charge in [-0.05, 0) is 38.8 Å². The van der Waals surface area contributed by atoms with Crippen LogP contribution >= 0.6 is 0 Å². The van der Waals surface area contributed by atoms with Crippen LogP contribution in [0.1, 0.15) is 26.7 Å². The summed E-state index contributed by atoms with van der Waals surface area (Å²) in [6.45, 7) is 6.44. The second-order valence-electron chi connectivity index (χ2n) is 7.13. The Morgan fingerprint density at radius 1 is 1.24 bits per heavy atom. The van der Waals surface area contributed by atoms with E-state index in [0.29, 0.717) is 12.6 Å². The fourth-order valence-corrected chi connectivity index (χ4v) is 3.03. The number of carbonyl (C=O) groups is 1. The summed E-state index contributed by atoms with van der Waals surface area (Å²) in [6, 6.07) is 10.9. The quantitative estimate of drug-likeness (QED) is 0.560. The number of piperidine rings is 1. The fraction of sp³-hybridized carbons (Fsp3) is 0.579. The third-order valence-electron chi connectivity index (χ3n) is 4.72. The van der Waals surface area contributed by atoms with E-state index in [4.69, 9.17) is 0 Å². The molecular weight excluding hydrogens is 314 g/mol. The van der Waals surface area contributed by atoms with Gasteiger partial charge in [0.25, 0.3) is 0 Å². The van der Waals surface area contributed by atoms with Crippen molar-refractivity contribution >= 4 is 17.6 Å². The van der Waals surface area contributed by atoms with Crippen LogP contribution in [0, 0.1) is 5.41 Å². The topological polar surface area (TPSA) is 68.8 Å². The Hall–Kier alpha value is -2.24. The van der Waals surface area contributed by atoms with Gasteiger partial charge in [0.15, 0.2) is 5.96 Å². The Morgan fingerprint density at radius 2 is 1.88 bits per heavy atom. The normalized spacial score (nSPS) is 16.5. The van der Waals surface area contributed by atoms with Gasteiger partial charge in [0.2, 0.25) is 5.91 Å². The number of nitrogens with zero attached hydrogens (tertiary/aromatic N) is 2. The Labute approximate surface area is 151 Å². The number of hydrogen-bond acceptors (Lipinski definition) is 3. The molecule has 1 amide bonds. The molecule has 2 rings (SSSR count). The highest BCUT2D eigenvalue weighted by atomic mass is 16.2. The molecule has 0 radical (unpaired) electrons. The number of guanidine groups is 1. The smallest absolute Gasteiger partial charge is 0.227 e. The highest BCUT2D eigenvalue weighted by Crippen LogP contribution is 2.19. The number of hydrogen-bond donors (Lipinski definition) is 3. The first-order valence-electron chi connectivity index (χ1n) is 8.95. The lowest BCUT2D eigenvalue weighted by atomic mass is 9.92. The summed E-state index contributed by atoms with van der Waals surface area (Å²) >= 11 is 0. The molecule has 1 heterocycles. The van der Waals surface area contributed by atoms with Gasteiger partial charge in [-0.3, -0.25) is 9.79 Å². The van der Waals surface area contributed by atoms with E-state index in [-0.39, 0.29) is 5.91 Å². The molecule has 6 heteroatoms. The Bertz CT molecular complexity index is 577. The molecule has 3 N–H and O–H groups in total. The summed E-state index contributed by atoms with van der Waals surface area (Å²) in [5, 5.41) is 9.47. The van der Waals surface area contributed by atoms with Crippen molar-refractivity contribution in [2.75, 3.05) is 38.6 Å². The van der Waals surface area contributed by atoms with Crippen LogP contribution in [0.25, 0.3) is 0 Å². The van der Waals surface area contributed by atoms with Crippen LogP contribution in [0.5, 0.6) is 0 Å². The molecule has 0 bridgehead atoms. The highest BCUT2D eigenvalue weighted by Gasteiger charge is 2.27. The minimum Gasteiger partial charge on any atom is -0.371 e. The van der Waals surface area contributed by atoms with Crippen LogP contribution in [0.3, 0.4) is 0 Å². The average Bonchev–Trinajstić information content (AvgIpc) is 2.65. The van der Waals surface area contributed by atoms with Crippen LogP contribution in [0.2, 0.25) is 0 Å². The summed E-state index contributed by atoms with van der Waals surface area (Å²) in [6.07, 6.45) is 2.13. The van der Waals surface area contributed by atoms with Crippen LogP contribution in [0.15, 0.2) is 35.3 Å². The van der Waals surface area contributed by atoms with Gasteiger partial charge in [-0.15, -0.1) is 0 Å². The molecule has 6 nitrogen and oxygen atoms in total. The lowest BCUT2D eigenvalue weighted by Crippen LogP contribution is -2.51. The zero-order valence-electron chi connectivity index (χ0n) is 15.8. The lowest BCUT2D eigenvalue weighted by molar-refractivity contribution is -0.128. The minimum absolute atomic E-state index is 0.0200. The molecule has 0 spiro atoms. The SMILES string of the molecule is CN=C(NCC(C)(C)C(=O)NC)NC1CCN(c2ccccc2)CC1. The molecule has 1 fully saturated rings. The number of benzene rings is 1. The maximum atomic E-state index is 11.9. The predicted octanol–water partition coefficient (Wildman–Crippen LogP) is 1.59. The van der Waals surface area contributed by atoms with E-state index in [1.807, 2.05) is 19.9 Å². The first kappa shape index (κ1) is 19.1. The number of carbonyl (C=O) groups excluding carboxylic acids is 1. The maximum absolute atomic E-state index is 11.9. The molecule has 0 atom stereocenters. The molecule has 138 valence electrons. The molecule has 25 heavy (non-hydrogen) atoms. The van der Waals surface area contributed by atoms with Gasteiger partial charge in [0, 0.05) is 45.5 Å². The zero-order valence-corrected chi connectivity index (χ0v) is 15.8. The van der Waals surface area contributed by atoms with E-state index in [1.54, 1.807) is 14.1 Å². The van der Waals surface area contributed by atoms with Crippen LogP contribution < -0.4 is 20.9 Å². The highest BCUT2D eigenvalue weighted by molar-refractivity contribution is 5.84. The van der Waals surface area contributed by atoms with Crippen molar-refractivity contribution in [3.8, 4) is 0 Å². The monoisotopic (exact) mass is 345 g/mol. The maximum Gasteiger partial charge on any atom is 0.227 e. The van der Waals surface area contributed by atoms with Gasteiger partial charge >= 0.3 is 0 Å². The van der Waals surface area contributed by atoms with E-state index >= 15 is 0 Å². The Kier molecular flexibility index (Phi) is 6.67. The van der Waals surface area contributed by atoms with E-state index in [9.17, 15) is 4.79 Å². The standard InChI is InChI=1S/C19H31N5O/c1-19(2,17(25)20-3)14-22-18(21-4)23-15-10-12-24(13-11-15)16-8-6-5-7-9-16/h5-9,15H,10-14H2,1-4H3,(H,20,25)(H2,21,22,23). The van der Waals surface area contributed by atoms with Gasteiger partial charge in [-0.25, -0.2) is 0 Å². The number of amides is 1. The summed E-state index contributed by atoms with van der Waals surface area (Å²) in [7, 11) is 3.43. The van der Waals surface area contributed by atoms with Crippen molar-refractivity contribution in [2.45, 2.75) is 32.7 Å². The second-order valence-corrected chi connectivity index (χ2v) is 7.13. The minimum atomic E-state index is -0.483. The lowest BCUT2D eigenvalue weighted by Gasteiger charge is -2.35. The Balaban J connectivity index is 1.80. The zero-order chi connectivity index (χ0) is 18.3. The van der Waals surface area contributed by atoms with E-state index in [2.05, 4.69) is 50.1 Å². The third-order valence-corrected chi connectivity index (χ3v) is 4.72. The molecule has 1 saturated heterocycles. The van der Waals surface area contributed by atoms with Crippen molar-refractivity contribution in [3.05, 3.63) is 30.3 Å². The summed E-state index contributed by atoms with van der Waals surface area (Å²) in [5.41, 5.74) is 0.805. The number of aliphatic imine (C=N–C) groups is 1. The summed E-state index contributed by atoms with van der Waals surface area (Å²) in [4.78, 5) is 18.6. The van der Waals surface area contributed by atoms with Gasteiger partial charge in [-0.2, -0.15) is 0 Å². The summed E-state index contributed by atoms with van der Waals surface area (Å²) < 4.78 is 0. The van der Waals surface area contributed by atoms with E-state index in [1.165, 1.54) is 5.69 Å². The van der Waals surface area contributed by atoms with Crippen molar-refractivity contribution in [1.29, 1.82) is 0 Å². The largest absolute Gasteiger partial charge is 0.371 e. The average molecular weight is 345 g/mol. The fourth-order valence-electron chi connectivity index (χ4n) is 3.03. The molecule has 1 aromatic carbocycles. The van der Waals surface area contributed by atoms with Crippen LogP contribution in [0.4, 0.5) is 5.69 Å². The first-order chi connectivity index (χ1) is 12.0. The third kappa shape index (κ3) is 5.37. The second kappa shape index (κ2) is 8.74. The summed E-state index contributed by atoms with van der Waals surface area (Å²) in [5.74, 6) is 0.779. The van der Waals surface area contributed by atoms with Gasteiger partial charge in [0.05, 0.1) is 5.41 Å². The number of para-hydroxylation sites is 1. The molecule has 0 saturated carbocycles. The molecule has 0 unspecified atom stereocenters.